The van der Waals surface area contributed by atoms with E-state index in [0.717, 1.165) is 16.5 Å². The van der Waals surface area contributed by atoms with E-state index in [1.807, 2.05) is 6.92 Å². The Morgan fingerprint density at radius 3 is 2.52 bits per heavy atom. The number of nitrogens with zero attached hydrogens (tertiary/aromatic N) is 2. The van der Waals surface area contributed by atoms with Gasteiger partial charge in [0, 0.05) is 23.8 Å². The second kappa shape index (κ2) is 8.62. The summed E-state index contributed by atoms with van der Waals surface area (Å²) >= 11 is 0. The highest BCUT2D eigenvalue weighted by Crippen LogP contribution is 2.35. The number of nitrogens with one attached hydrogen (secondary N) is 1. The molecule has 1 aliphatic heterocycles. The van der Waals surface area contributed by atoms with E-state index in [9.17, 15) is 24.8 Å². The van der Waals surface area contributed by atoms with Crippen LogP contribution < -0.4 is 4.90 Å². The molecule has 0 spiro atoms. The molecule has 1 heterocycles. The lowest BCUT2D eigenvalue weighted by atomic mass is 10.1. The monoisotopic (exact) mass is 421 g/mol. The van der Waals surface area contributed by atoms with Crippen LogP contribution >= 0.6 is 0 Å². The predicted molar refractivity (Wildman–Crippen MR) is 113 cm³/mol. The van der Waals surface area contributed by atoms with Crippen LogP contribution in [0.4, 0.5) is 11.4 Å². The zero-order chi connectivity index (χ0) is 22.7. The summed E-state index contributed by atoms with van der Waals surface area (Å²) in [6.45, 7) is 3.46. The molecule has 0 fully saturated rings. The van der Waals surface area contributed by atoms with Gasteiger partial charge in [-0.15, -0.1) is 0 Å². The van der Waals surface area contributed by atoms with Crippen LogP contribution in [0.25, 0.3) is 0 Å². The Kier molecular flexibility index (Phi) is 5.96. The first-order chi connectivity index (χ1) is 14.7. The number of aryl methyl sites for hydroxylation is 1. The van der Waals surface area contributed by atoms with E-state index >= 15 is 0 Å². The molecule has 0 unspecified atom stereocenters. The Bertz CT molecular complexity index is 1150. The van der Waals surface area contributed by atoms with Crippen molar-refractivity contribution in [2.24, 2.45) is 0 Å². The van der Waals surface area contributed by atoms with Gasteiger partial charge in [-0.1, -0.05) is 35.9 Å². The SMILES string of the molecule is CCOC(=O)C1=C(O)/C(=C\C(=O)c2ccc(C)cc2)N(c2cccc([N+](=O)[O-])c2)C1=N. The highest BCUT2D eigenvalue weighted by molar-refractivity contribution is 6.28. The zero-order valence-electron chi connectivity index (χ0n) is 16.8. The van der Waals surface area contributed by atoms with Crippen molar-refractivity contribution in [3.05, 3.63) is 92.9 Å². The topological polar surface area (TPSA) is 134 Å². The number of amidine groups is 1. The highest BCUT2D eigenvalue weighted by atomic mass is 16.6. The molecule has 3 rings (SSSR count). The average Bonchev–Trinajstić information content (AvgIpc) is 2.98. The molecule has 0 amide bonds. The molecule has 0 bridgehead atoms. The fraction of sp³-hybridized carbons (Fsp3) is 0.136. The minimum absolute atomic E-state index is 0.0149. The number of allylic oxidation sites excluding steroid dienone is 1. The van der Waals surface area contributed by atoms with Crippen LogP contribution in [-0.4, -0.2) is 34.2 Å². The van der Waals surface area contributed by atoms with E-state index in [1.165, 1.54) is 24.3 Å². The van der Waals surface area contributed by atoms with Gasteiger partial charge in [0.1, 0.15) is 11.4 Å². The lowest BCUT2D eigenvalue weighted by molar-refractivity contribution is -0.384. The lowest BCUT2D eigenvalue weighted by Gasteiger charge is -2.20. The van der Waals surface area contributed by atoms with E-state index < -0.39 is 33.8 Å². The number of rotatable bonds is 6. The number of esters is 1. The van der Waals surface area contributed by atoms with Crippen molar-refractivity contribution in [3.63, 3.8) is 0 Å². The first-order valence-electron chi connectivity index (χ1n) is 9.31. The molecular formula is C22H19N3O6. The van der Waals surface area contributed by atoms with Gasteiger partial charge in [0.05, 0.1) is 22.9 Å². The van der Waals surface area contributed by atoms with Gasteiger partial charge < -0.3 is 9.84 Å². The van der Waals surface area contributed by atoms with Crippen molar-refractivity contribution < 1.29 is 24.4 Å². The van der Waals surface area contributed by atoms with Crippen LogP contribution in [0.5, 0.6) is 0 Å². The smallest absolute Gasteiger partial charge is 0.345 e. The van der Waals surface area contributed by atoms with Crippen LogP contribution in [-0.2, 0) is 9.53 Å². The minimum Gasteiger partial charge on any atom is -0.505 e. The number of aliphatic hydroxyl groups is 1. The molecule has 0 radical (unpaired) electrons. The minimum atomic E-state index is -0.938. The third-order valence-corrected chi connectivity index (χ3v) is 4.56. The number of non-ortho nitro benzene ring substituents is 1. The average molecular weight is 421 g/mol. The van der Waals surface area contributed by atoms with Crippen molar-refractivity contribution in [1.82, 2.24) is 0 Å². The molecule has 0 saturated carbocycles. The van der Waals surface area contributed by atoms with Gasteiger partial charge in [-0.25, -0.2) is 4.79 Å². The molecule has 158 valence electrons. The van der Waals surface area contributed by atoms with E-state index in [-0.39, 0.29) is 23.7 Å². The number of nitro benzene ring substituents is 1. The lowest BCUT2D eigenvalue weighted by Crippen LogP contribution is -2.28. The number of aliphatic hydroxyl groups excluding tert-OH is 1. The molecule has 0 atom stereocenters. The molecule has 2 N–H and O–H groups in total. The van der Waals surface area contributed by atoms with Crippen molar-refractivity contribution in [3.8, 4) is 0 Å². The summed E-state index contributed by atoms with van der Waals surface area (Å²) in [5.74, 6) is -2.49. The normalized spacial score (nSPS) is 14.8. The Morgan fingerprint density at radius 2 is 1.90 bits per heavy atom. The van der Waals surface area contributed by atoms with Gasteiger partial charge in [0.25, 0.3) is 5.69 Å². The van der Waals surface area contributed by atoms with Gasteiger partial charge >= 0.3 is 5.97 Å². The van der Waals surface area contributed by atoms with Gasteiger partial charge in [-0.2, -0.15) is 0 Å². The van der Waals surface area contributed by atoms with Gasteiger partial charge in [-0.05, 0) is 19.9 Å². The molecule has 0 aromatic heterocycles. The third kappa shape index (κ3) is 4.20. The van der Waals surface area contributed by atoms with Crippen LogP contribution in [0.3, 0.4) is 0 Å². The van der Waals surface area contributed by atoms with E-state index in [0.29, 0.717) is 5.56 Å². The Balaban J connectivity index is 2.13. The molecule has 31 heavy (non-hydrogen) atoms. The number of ether oxygens (including phenoxy) is 1. The summed E-state index contributed by atoms with van der Waals surface area (Å²) in [4.78, 5) is 36.8. The number of benzene rings is 2. The predicted octanol–water partition coefficient (Wildman–Crippen LogP) is 3.84. The summed E-state index contributed by atoms with van der Waals surface area (Å²) in [5, 5.41) is 30.3. The van der Waals surface area contributed by atoms with Crippen molar-refractivity contribution in [2.75, 3.05) is 11.5 Å². The number of ketones is 1. The van der Waals surface area contributed by atoms with E-state index in [2.05, 4.69) is 0 Å². The first kappa shape index (κ1) is 21.4. The van der Waals surface area contributed by atoms with Gasteiger partial charge in [0.15, 0.2) is 11.5 Å². The summed E-state index contributed by atoms with van der Waals surface area (Å²) in [6.07, 6.45) is 1.08. The van der Waals surface area contributed by atoms with E-state index in [1.54, 1.807) is 31.2 Å². The second-order valence-corrected chi connectivity index (χ2v) is 6.66. The Labute approximate surface area is 177 Å². The Hall–Kier alpha value is -4.27. The second-order valence-electron chi connectivity index (χ2n) is 6.66. The summed E-state index contributed by atoms with van der Waals surface area (Å²) in [7, 11) is 0. The maximum absolute atomic E-state index is 12.8. The molecule has 9 heteroatoms. The van der Waals surface area contributed by atoms with Crippen LogP contribution in [0, 0.1) is 22.4 Å². The number of carbonyl (C=O) groups excluding carboxylic acids is 2. The first-order valence-corrected chi connectivity index (χ1v) is 9.31. The van der Waals surface area contributed by atoms with Crippen molar-refractivity contribution in [2.45, 2.75) is 13.8 Å². The largest absolute Gasteiger partial charge is 0.505 e. The molecular weight excluding hydrogens is 402 g/mol. The maximum atomic E-state index is 12.8. The zero-order valence-corrected chi connectivity index (χ0v) is 16.8. The quantitative estimate of drug-likeness (QED) is 0.238. The molecule has 1 aliphatic rings. The third-order valence-electron chi connectivity index (χ3n) is 4.56. The van der Waals surface area contributed by atoms with Crippen LogP contribution in [0.1, 0.15) is 22.8 Å². The number of anilines is 1. The Morgan fingerprint density at radius 1 is 1.23 bits per heavy atom. The summed E-state index contributed by atoms with van der Waals surface area (Å²) < 4.78 is 4.92. The van der Waals surface area contributed by atoms with Crippen molar-refractivity contribution in [1.29, 1.82) is 5.41 Å². The van der Waals surface area contributed by atoms with Crippen LogP contribution in [0.15, 0.2) is 71.6 Å². The number of nitro groups is 1. The van der Waals surface area contributed by atoms with Crippen LogP contribution in [0.2, 0.25) is 0 Å². The van der Waals surface area contributed by atoms with Crippen molar-refractivity contribution >= 4 is 29.0 Å². The molecule has 2 aromatic carbocycles. The number of hydrogen-bond acceptors (Lipinski definition) is 7. The van der Waals surface area contributed by atoms with E-state index in [4.69, 9.17) is 10.1 Å². The summed E-state index contributed by atoms with van der Waals surface area (Å²) in [5.41, 5.74) is 0.584. The molecule has 0 aliphatic carbocycles. The number of hydrogen-bond donors (Lipinski definition) is 2. The summed E-state index contributed by atoms with van der Waals surface area (Å²) in [6, 6.07) is 12.0. The van der Waals surface area contributed by atoms with Gasteiger partial charge in [0.2, 0.25) is 0 Å². The fourth-order valence-corrected chi connectivity index (χ4v) is 3.05. The maximum Gasteiger partial charge on any atom is 0.345 e. The molecule has 2 aromatic rings. The fourth-order valence-electron chi connectivity index (χ4n) is 3.05. The molecule has 0 saturated heterocycles. The molecule has 9 nitrogen and oxygen atoms in total. The van der Waals surface area contributed by atoms with Gasteiger partial charge in [-0.3, -0.25) is 25.2 Å². The standard InChI is InChI=1S/C22H19N3O6/c1-3-31-22(28)19-20(27)17(12-18(26)14-9-7-13(2)8-10-14)24(21(19)23)15-5-4-6-16(11-15)25(29)30/h4-12,23,27H,3H2,1-2H3/b17-12+,23-21?. The number of carbonyl (C=O) groups is 2. The highest BCUT2D eigenvalue weighted by Gasteiger charge is 2.39.